The van der Waals surface area contributed by atoms with E-state index in [9.17, 15) is 9.59 Å². The van der Waals surface area contributed by atoms with Crippen LogP contribution in [0.3, 0.4) is 0 Å². The zero-order valence-corrected chi connectivity index (χ0v) is 10.9. The van der Waals surface area contributed by atoms with Gasteiger partial charge in [-0.3, -0.25) is 9.59 Å². The minimum absolute atomic E-state index is 0.0105. The van der Waals surface area contributed by atoms with Crippen molar-refractivity contribution in [3.8, 4) is 0 Å². The van der Waals surface area contributed by atoms with Crippen LogP contribution in [-0.4, -0.2) is 35.3 Å². The molecule has 4 nitrogen and oxygen atoms in total. The van der Waals surface area contributed by atoms with E-state index in [4.69, 9.17) is 0 Å². The number of carbonyl (C=O) groups is 2. The predicted octanol–water partition coefficient (Wildman–Crippen LogP) is 1.16. The standard InChI is InChI=1S/C12H22N2O2/c1-11(2,3)6-7-14-8-9(15)13-12(4,5)10(14)16/h6-8H2,1-5H3,(H,13,15). The first-order valence-electron chi connectivity index (χ1n) is 5.72. The zero-order chi connectivity index (χ0) is 12.6. The maximum atomic E-state index is 12.0. The summed E-state index contributed by atoms with van der Waals surface area (Å²) in [5, 5.41) is 2.70. The van der Waals surface area contributed by atoms with Gasteiger partial charge in [0.1, 0.15) is 5.54 Å². The lowest BCUT2D eigenvalue weighted by atomic mass is 9.91. The van der Waals surface area contributed by atoms with Crippen molar-refractivity contribution in [3.05, 3.63) is 0 Å². The van der Waals surface area contributed by atoms with Crippen LogP contribution in [0, 0.1) is 5.41 Å². The number of piperazine rings is 1. The van der Waals surface area contributed by atoms with Crippen molar-refractivity contribution in [1.29, 1.82) is 0 Å². The van der Waals surface area contributed by atoms with E-state index in [-0.39, 0.29) is 23.8 Å². The minimum Gasteiger partial charge on any atom is -0.341 e. The highest BCUT2D eigenvalue weighted by atomic mass is 16.2. The van der Waals surface area contributed by atoms with E-state index in [0.29, 0.717) is 6.54 Å². The molecule has 0 aromatic heterocycles. The third kappa shape index (κ3) is 3.22. The summed E-state index contributed by atoms with van der Waals surface area (Å²) in [5.41, 5.74) is -0.578. The number of nitrogens with zero attached hydrogens (tertiary/aromatic N) is 1. The van der Waals surface area contributed by atoms with Gasteiger partial charge in [-0.1, -0.05) is 20.8 Å². The monoisotopic (exact) mass is 226 g/mol. The Labute approximate surface area is 97.4 Å². The molecule has 0 spiro atoms. The van der Waals surface area contributed by atoms with Crippen molar-refractivity contribution in [1.82, 2.24) is 10.2 Å². The van der Waals surface area contributed by atoms with Gasteiger partial charge in [0.25, 0.3) is 0 Å². The average Bonchev–Trinajstić information content (AvgIpc) is 2.06. The third-order valence-corrected chi connectivity index (χ3v) is 2.74. The molecule has 16 heavy (non-hydrogen) atoms. The molecule has 1 N–H and O–H groups in total. The van der Waals surface area contributed by atoms with Crippen LogP contribution in [0.5, 0.6) is 0 Å². The number of amides is 2. The van der Waals surface area contributed by atoms with Gasteiger partial charge in [-0.25, -0.2) is 0 Å². The maximum absolute atomic E-state index is 12.0. The Kier molecular flexibility index (Phi) is 3.31. The number of nitrogens with one attached hydrogen (secondary N) is 1. The van der Waals surface area contributed by atoms with Crippen LogP contribution in [0.2, 0.25) is 0 Å². The van der Waals surface area contributed by atoms with Crippen molar-refractivity contribution in [2.24, 2.45) is 5.41 Å². The lowest BCUT2D eigenvalue weighted by Gasteiger charge is -2.38. The van der Waals surface area contributed by atoms with Crippen molar-refractivity contribution in [2.45, 2.75) is 46.6 Å². The van der Waals surface area contributed by atoms with Gasteiger partial charge in [-0.15, -0.1) is 0 Å². The molecule has 92 valence electrons. The topological polar surface area (TPSA) is 49.4 Å². The Bertz CT molecular complexity index is 303. The van der Waals surface area contributed by atoms with Crippen LogP contribution in [0.15, 0.2) is 0 Å². The first-order valence-corrected chi connectivity index (χ1v) is 5.72. The number of hydrogen-bond acceptors (Lipinski definition) is 2. The molecule has 4 heteroatoms. The van der Waals surface area contributed by atoms with Gasteiger partial charge >= 0.3 is 0 Å². The maximum Gasteiger partial charge on any atom is 0.248 e. The molecule has 0 atom stereocenters. The van der Waals surface area contributed by atoms with E-state index in [1.54, 1.807) is 18.7 Å². The van der Waals surface area contributed by atoms with Crippen LogP contribution in [-0.2, 0) is 9.59 Å². The van der Waals surface area contributed by atoms with E-state index >= 15 is 0 Å². The van der Waals surface area contributed by atoms with Gasteiger partial charge in [0.15, 0.2) is 0 Å². The summed E-state index contributed by atoms with van der Waals surface area (Å²) in [6, 6.07) is 0. The second-order valence-electron chi connectivity index (χ2n) is 6.21. The van der Waals surface area contributed by atoms with Crippen LogP contribution >= 0.6 is 0 Å². The van der Waals surface area contributed by atoms with Crippen molar-refractivity contribution < 1.29 is 9.59 Å². The molecular weight excluding hydrogens is 204 g/mol. The summed E-state index contributed by atoms with van der Waals surface area (Å²) in [4.78, 5) is 25.1. The minimum atomic E-state index is -0.757. The van der Waals surface area contributed by atoms with Crippen molar-refractivity contribution in [2.75, 3.05) is 13.1 Å². The van der Waals surface area contributed by atoms with E-state index in [1.807, 2.05) is 0 Å². The molecule has 0 aromatic carbocycles. The number of carbonyl (C=O) groups excluding carboxylic acids is 2. The van der Waals surface area contributed by atoms with Crippen LogP contribution in [0.4, 0.5) is 0 Å². The highest BCUT2D eigenvalue weighted by molar-refractivity contribution is 5.97. The Morgan fingerprint density at radius 3 is 2.38 bits per heavy atom. The Balaban J connectivity index is 2.66. The normalized spacial score (nSPS) is 20.9. The summed E-state index contributed by atoms with van der Waals surface area (Å²) in [7, 11) is 0. The summed E-state index contributed by atoms with van der Waals surface area (Å²) >= 11 is 0. The largest absolute Gasteiger partial charge is 0.341 e. The highest BCUT2D eigenvalue weighted by Crippen LogP contribution is 2.21. The molecule has 0 bridgehead atoms. The fraction of sp³-hybridized carbons (Fsp3) is 0.833. The molecular formula is C12H22N2O2. The summed E-state index contributed by atoms with van der Waals surface area (Å²) < 4.78 is 0. The fourth-order valence-electron chi connectivity index (χ4n) is 1.73. The van der Waals surface area contributed by atoms with E-state index < -0.39 is 5.54 Å². The first kappa shape index (κ1) is 13.0. The van der Waals surface area contributed by atoms with Gasteiger partial charge in [-0.2, -0.15) is 0 Å². The lowest BCUT2D eigenvalue weighted by molar-refractivity contribution is -0.148. The molecule has 1 saturated heterocycles. The molecule has 0 aromatic rings. The molecule has 1 aliphatic rings. The Morgan fingerprint density at radius 1 is 1.31 bits per heavy atom. The smallest absolute Gasteiger partial charge is 0.248 e. The summed E-state index contributed by atoms with van der Waals surface area (Å²) in [5.74, 6) is -0.0603. The second kappa shape index (κ2) is 4.07. The molecule has 1 fully saturated rings. The quantitative estimate of drug-likeness (QED) is 0.768. The molecule has 1 heterocycles. The number of hydrogen-bond donors (Lipinski definition) is 1. The molecule has 0 radical (unpaired) electrons. The van der Waals surface area contributed by atoms with Crippen LogP contribution in [0.25, 0.3) is 0 Å². The van der Waals surface area contributed by atoms with Gasteiger partial charge in [0, 0.05) is 6.54 Å². The fourth-order valence-corrected chi connectivity index (χ4v) is 1.73. The zero-order valence-electron chi connectivity index (χ0n) is 10.9. The number of rotatable bonds is 2. The SMILES string of the molecule is CC(C)(C)CCN1CC(=O)NC(C)(C)C1=O. The molecule has 0 saturated carbocycles. The van der Waals surface area contributed by atoms with Crippen molar-refractivity contribution >= 4 is 11.8 Å². The molecule has 0 unspecified atom stereocenters. The van der Waals surface area contributed by atoms with Crippen LogP contribution < -0.4 is 5.32 Å². The highest BCUT2D eigenvalue weighted by Gasteiger charge is 2.38. The average molecular weight is 226 g/mol. The second-order valence-corrected chi connectivity index (χ2v) is 6.21. The van der Waals surface area contributed by atoms with Gasteiger partial charge < -0.3 is 10.2 Å². The van der Waals surface area contributed by atoms with Crippen molar-refractivity contribution in [3.63, 3.8) is 0 Å². The lowest BCUT2D eigenvalue weighted by Crippen LogP contribution is -2.64. The summed E-state index contributed by atoms with van der Waals surface area (Å²) in [6.07, 6.45) is 0.905. The van der Waals surface area contributed by atoms with Crippen LogP contribution in [0.1, 0.15) is 41.0 Å². The Hall–Kier alpha value is -1.06. The first-order chi connectivity index (χ1) is 7.12. The molecule has 2 amide bonds. The van der Waals surface area contributed by atoms with Gasteiger partial charge in [0.05, 0.1) is 6.54 Å². The van der Waals surface area contributed by atoms with E-state index in [2.05, 4.69) is 26.1 Å². The van der Waals surface area contributed by atoms with Gasteiger partial charge in [0.2, 0.25) is 11.8 Å². The van der Waals surface area contributed by atoms with E-state index in [1.165, 1.54) is 0 Å². The Morgan fingerprint density at radius 2 is 1.88 bits per heavy atom. The van der Waals surface area contributed by atoms with Gasteiger partial charge in [-0.05, 0) is 25.7 Å². The molecule has 1 aliphatic heterocycles. The predicted molar refractivity (Wildman–Crippen MR) is 62.9 cm³/mol. The molecule has 1 rings (SSSR count). The summed E-state index contributed by atoms with van der Waals surface area (Å²) in [6.45, 7) is 10.7. The third-order valence-electron chi connectivity index (χ3n) is 2.74. The molecule has 0 aliphatic carbocycles. The van der Waals surface area contributed by atoms with E-state index in [0.717, 1.165) is 6.42 Å².